The first kappa shape index (κ1) is 16.8. The summed E-state index contributed by atoms with van der Waals surface area (Å²) in [6, 6.07) is 8.11. The average Bonchev–Trinajstić information content (AvgIpc) is 2.98. The number of ether oxygens (including phenoxy) is 1. The van der Waals surface area contributed by atoms with Gasteiger partial charge in [-0.3, -0.25) is 4.79 Å². The summed E-state index contributed by atoms with van der Waals surface area (Å²) in [5.41, 5.74) is 0.740. The number of thiophene rings is 1. The topological polar surface area (TPSA) is 55.4 Å². The van der Waals surface area contributed by atoms with Crippen molar-refractivity contribution in [2.45, 2.75) is 13.0 Å². The van der Waals surface area contributed by atoms with E-state index in [9.17, 15) is 9.59 Å². The van der Waals surface area contributed by atoms with E-state index in [1.165, 1.54) is 11.3 Å². The fourth-order valence-electron chi connectivity index (χ4n) is 1.81. The molecule has 4 nitrogen and oxygen atoms in total. The van der Waals surface area contributed by atoms with E-state index in [2.05, 4.69) is 5.32 Å². The van der Waals surface area contributed by atoms with Crippen LogP contribution < -0.4 is 5.32 Å². The highest BCUT2D eigenvalue weighted by Crippen LogP contribution is 2.26. The van der Waals surface area contributed by atoms with Gasteiger partial charge in [0, 0.05) is 10.0 Å². The van der Waals surface area contributed by atoms with Gasteiger partial charge in [0.2, 0.25) is 0 Å². The van der Waals surface area contributed by atoms with Crippen LogP contribution in [0.2, 0.25) is 10.0 Å². The van der Waals surface area contributed by atoms with Crippen LogP contribution in [0.1, 0.15) is 28.2 Å². The number of benzene rings is 1. The van der Waals surface area contributed by atoms with E-state index >= 15 is 0 Å². The molecular formula is C15H13Cl2NO3S. The third kappa shape index (κ3) is 4.47. The summed E-state index contributed by atoms with van der Waals surface area (Å²) in [7, 11) is 0. The molecule has 0 aliphatic heterocycles. The Kier molecular flexibility index (Phi) is 5.83. The maximum atomic E-state index is 11.8. The highest BCUT2D eigenvalue weighted by molar-refractivity contribution is 7.11. The van der Waals surface area contributed by atoms with Gasteiger partial charge in [0.15, 0.2) is 6.61 Å². The molecule has 22 heavy (non-hydrogen) atoms. The van der Waals surface area contributed by atoms with Crippen LogP contribution in [0.5, 0.6) is 0 Å². The summed E-state index contributed by atoms with van der Waals surface area (Å²) in [4.78, 5) is 23.9. The molecule has 1 heterocycles. The monoisotopic (exact) mass is 357 g/mol. The zero-order chi connectivity index (χ0) is 16.1. The second-order valence-corrected chi connectivity index (χ2v) is 6.30. The van der Waals surface area contributed by atoms with Gasteiger partial charge in [-0.05, 0) is 36.1 Å². The number of carbonyl (C=O) groups excluding carboxylic acids is 2. The van der Waals surface area contributed by atoms with Crippen molar-refractivity contribution in [3.63, 3.8) is 0 Å². The van der Waals surface area contributed by atoms with Crippen molar-refractivity contribution >= 4 is 46.4 Å². The molecule has 0 aliphatic carbocycles. The number of nitrogens with one attached hydrogen (secondary N) is 1. The molecule has 1 N–H and O–H groups in total. The van der Waals surface area contributed by atoms with Crippen LogP contribution in [0.4, 0.5) is 0 Å². The van der Waals surface area contributed by atoms with E-state index in [4.69, 9.17) is 27.9 Å². The van der Waals surface area contributed by atoms with Crippen molar-refractivity contribution < 1.29 is 14.3 Å². The van der Waals surface area contributed by atoms with Crippen LogP contribution in [-0.2, 0) is 9.53 Å². The molecule has 0 fully saturated rings. The minimum Gasteiger partial charge on any atom is -0.451 e. The van der Waals surface area contributed by atoms with Gasteiger partial charge in [0.25, 0.3) is 5.91 Å². The summed E-state index contributed by atoms with van der Waals surface area (Å²) < 4.78 is 4.94. The van der Waals surface area contributed by atoms with E-state index in [1.54, 1.807) is 42.6 Å². The smallest absolute Gasteiger partial charge is 0.348 e. The zero-order valence-electron chi connectivity index (χ0n) is 11.6. The Bertz CT molecular complexity index is 673. The molecule has 1 amide bonds. The Labute approximate surface area is 142 Å². The average molecular weight is 358 g/mol. The maximum absolute atomic E-state index is 11.8. The third-order valence-corrected chi connectivity index (χ3v) is 4.28. The highest BCUT2D eigenvalue weighted by atomic mass is 35.5. The molecule has 0 saturated carbocycles. The molecular weight excluding hydrogens is 345 g/mol. The molecule has 2 rings (SSSR count). The molecule has 0 spiro atoms. The Morgan fingerprint density at radius 1 is 1.32 bits per heavy atom. The first-order chi connectivity index (χ1) is 10.5. The quantitative estimate of drug-likeness (QED) is 0.819. The Morgan fingerprint density at radius 2 is 2.09 bits per heavy atom. The normalized spacial score (nSPS) is 11.8. The Hall–Kier alpha value is -1.56. The number of rotatable bonds is 5. The second-order valence-electron chi connectivity index (χ2n) is 4.51. The van der Waals surface area contributed by atoms with Gasteiger partial charge in [-0.15, -0.1) is 11.3 Å². The number of esters is 1. The van der Waals surface area contributed by atoms with E-state index in [-0.39, 0.29) is 12.6 Å². The highest BCUT2D eigenvalue weighted by Gasteiger charge is 2.15. The number of amides is 1. The van der Waals surface area contributed by atoms with E-state index < -0.39 is 11.9 Å². The van der Waals surface area contributed by atoms with Gasteiger partial charge in [-0.2, -0.15) is 0 Å². The molecule has 1 aromatic heterocycles. The standard InChI is InChI=1S/C15H13Cl2NO3S/c1-9(11-5-4-10(16)7-12(11)17)18-14(19)8-21-15(20)13-3-2-6-22-13/h2-7,9H,8H2,1H3,(H,18,19)/t9-/m1/s1. The summed E-state index contributed by atoms with van der Waals surface area (Å²) in [6.07, 6.45) is 0. The largest absolute Gasteiger partial charge is 0.451 e. The van der Waals surface area contributed by atoms with Crippen molar-refractivity contribution in [2.24, 2.45) is 0 Å². The van der Waals surface area contributed by atoms with Crippen molar-refractivity contribution in [2.75, 3.05) is 6.61 Å². The number of hydrogen-bond acceptors (Lipinski definition) is 4. The molecule has 0 aliphatic rings. The van der Waals surface area contributed by atoms with Crippen molar-refractivity contribution in [1.82, 2.24) is 5.32 Å². The van der Waals surface area contributed by atoms with Crippen molar-refractivity contribution in [3.05, 3.63) is 56.2 Å². The maximum Gasteiger partial charge on any atom is 0.348 e. The van der Waals surface area contributed by atoms with Crippen LogP contribution in [0.15, 0.2) is 35.7 Å². The first-order valence-electron chi connectivity index (χ1n) is 6.42. The van der Waals surface area contributed by atoms with Crippen LogP contribution in [0.3, 0.4) is 0 Å². The van der Waals surface area contributed by atoms with Crippen LogP contribution in [0.25, 0.3) is 0 Å². The van der Waals surface area contributed by atoms with Gasteiger partial charge in [0.05, 0.1) is 6.04 Å². The molecule has 116 valence electrons. The predicted octanol–water partition coefficient (Wildman–Crippen LogP) is 4.09. The summed E-state index contributed by atoms with van der Waals surface area (Å²) in [5.74, 6) is -0.911. The predicted molar refractivity (Wildman–Crippen MR) is 87.6 cm³/mol. The van der Waals surface area contributed by atoms with Crippen LogP contribution >= 0.6 is 34.5 Å². The lowest BCUT2D eigenvalue weighted by Gasteiger charge is -2.16. The molecule has 2 aromatic rings. The number of hydrogen-bond donors (Lipinski definition) is 1. The first-order valence-corrected chi connectivity index (χ1v) is 8.06. The number of carbonyl (C=O) groups is 2. The molecule has 0 unspecified atom stereocenters. The Morgan fingerprint density at radius 3 is 2.73 bits per heavy atom. The number of halogens is 2. The van der Waals surface area contributed by atoms with Gasteiger partial charge < -0.3 is 10.1 Å². The molecule has 0 bridgehead atoms. The lowest BCUT2D eigenvalue weighted by atomic mass is 10.1. The van der Waals surface area contributed by atoms with Crippen molar-refractivity contribution in [3.8, 4) is 0 Å². The van der Waals surface area contributed by atoms with Gasteiger partial charge in [-0.1, -0.05) is 35.3 Å². The fraction of sp³-hybridized carbons (Fsp3) is 0.200. The van der Waals surface area contributed by atoms with Crippen LogP contribution in [0, 0.1) is 0 Å². The zero-order valence-corrected chi connectivity index (χ0v) is 14.0. The lowest BCUT2D eigenvalue weighted by molar-refractivity contribution is -0.124. The fourth-order valence-corrected chi connectivity index (χ4v) is 3.00. The molecule has 0 saturated heterocycles. The van der Waals surface area contributed by atoms with Crippen molar-refractivity contribution in [1.29, 1.82) is 0 Å². The second kappa shape index (κ2) is 7.63. The van der Waals surface area contributed by atoms with E-state index in [0.29, 0.717) is 14.9 Å². The SMILES string of the molecule is C[C@@H](NC(=O)COC(=O)c1cccs1)c1ccc(Cl)cc1Cl. The lowest BCUT2D eigenvalue weighted by Crippen LogP contribution is -2.31. The van der Waals surface area contributed by atoms with Gasteiger partial charge >= 0.3 is 5.97 Å². The van der Waals surface area contributed by atoms with Gasteiger partial charge in [0.1, 0.15) is 4.88 Å². The minimum absolute atomic E-state index is 0.322. The molecule has 1 atom stereocenters. The Balaban J connectivity index is 1.87. The van der Waals surface area contributed by atoms with E-state index in [1.807, 2.05) is 0 Å². The third-order valence-electron chi connectivity index (χ3n) is 2.86. The molecule has 7 heteroatoms. The molecule has 1 aromatic carbocycles. The summed E-state index contributed by atoms with van der Waals surface area (Å²) >= 11 is 13.2. The van der Waals surface area contributed by atoms with E-state index in [0.717, 1.165) is 5.56 Å². The van der Waals surface area contributed by atoms with Gasteiger partial charge in [-0.25, -0.2) is 4.79 Å². The summed E-state index contributed by atoms with van der Waals surface area (Å²) in [5, 5.41) is 5.48. The van der Waals surface area contributed by atoms with Crippen LogP contribution in [-0.4, -0.2) is 18.5 Å². The summed E-state index contributed by atoms with van der Waals surface area (Å²) in [6.45, 7) is 1.44. The minimum atomic E-state index is -0.512. The molecule has 0 radical (unpaired) electrons.